The van der Waals surface area contributed by atoms with Crippen molar-refractivity contribution in [3.05, 3.63) is 35.8 Å². The van der Waals surface area contributed by atoms with Crippen LogP contribution < -0.4 is 9.64 Å². The van der Waals surface area contributed by atoms with Crippen molar-refractivity contribution in [2.45, 2.75) is 10.8 Å². The van der Waals surface area contributed by atoms with Gasteiger partial charge < -0.3 is 9.64 Å². The van der Waals surface area contributed by atoms with Gasteiger partial charge in [-0.05, 0) is 25.1 Å². The zero-order valence-corrected chi connectivity index (χ0v) is 15.1. The maximum atomic E-state index is 5.48. The van der Waals surface area contributed by atoms with Crippen LogP contribution >= 0.6 is 23.1 Å². The Morgan fingerprint density at radius 1 is 1.22 bits per heavy atom. The Kier molecular flexibility index (Phi) is 6.19. The van der Waals surface area contributed by atoms with E-state index in [0.29, 0.717) is 0 Å². The Labute approximate surface area is 146 Å². The number of benzene rings is 1. The SMILES string of the molecule is COc1ccccc1N1CCN(CCCSc2nccs2)CC1. The summed E-state index contributed by atoms with van der Waals surface area (Å²) < 4.78 is 6.66. The number of nitrogens with zero attached hydrogens (tertiary/aromatic N) is 3. The van der Waals surface area contributed by atoms with Gasteiger partial charge in [0.1, 0.15) is 10.1 Å². The van der Waals surface area contributed by atoms with Gasteiger partial charge in [-0.2, -0.15) is 0 Å². The molecule has 4 nitrogen and oxygen atoms in total. The van der Waals surface area contributed by atoms with Crippen LogP contribution in [0, 0.1) is 0 Å². The van der Waals surface area contributed by atoms with Gasteiger partial charge in [0.25, 0.3) is 0 Å². The van der Waals surface area contributed by atoms with Crippen LogP contribution in [0.3, 0.4) is 0 Å². The summed E-state index contributed by atoms with van der Waals surface area (Å²) >= 11 is 3.60. The van der Waals surface area contributed by atoms with Gasteiger partial charge in [-0.3, -0.25) is 4.90 Å². The highest BCUT2D eigenvalue weighted by molar-refractivity contribution is 8.00. The monoisotopic (exact) mass is 349 g/mol. The third kappa shape index (κ3) is 4.62. The predicted octanol–water partition coefficient (Wildman–Crippen LogP) is 3.46. The van der Waals surface area contributed by atoms with Gasteiger partial charge in [0.2, 0.25) is 0 Å². The summed E-state index contributed by atoms with van der Waals surface area (Å²) in [6.07, 6.45) is 3.10. The molecule has 6 heteroatoms. The molecule has 1 fully saturated rings. The second kappa shape index (κ2) is 8.57. The van der Waals surface area contributed by atoms with Crippen LogP contribution in [-0.2, 0) is 0 Å². The van der Waals surface area contributed by atoms with E-state index in [2.05, 4.69) is 26.9 Å². The molecule has 1 aliphatic heterocycles. The third-order valence-electron chi connectivity index (χ3n) is 4.05. The number of thioether (sulfide) groups is 1. The number of thiazole rings is 1. The van der Waals surface area contributed by atoms with E-state index in [4.69, 9.17) is 4.74 Å². The lowest BCUT2D eigenvalue weighted by Gasteiger charge is -2.36. The van der Waals surface area contributed by atoms with Gasteiger partial charge in [0.15, 0.2) is 0 Å². The minimum absolute atomic E-state index is 0.973. The molecule has 0 amide bonds. The van der Waals surface area contributed by atoms with Crippen molar-refractivity contribution in [1.82, 2.24) is 9.88 Å². The van der Waals surface area contributed by atoms with Crippen molar-refractivity contribution in [3.8, 4) is 5.75 Å². The van der Waals surface area contributed by atoms with Gasteiger partial charge in [-0.1, -0.05) is 23.9 Å². The van der Waals surface area contributed by atoms with E-state index in [1.54, 1.807) is 18.4 Å². The number of aromatic nitrogens is 1. The van der Waals surface area contributed by atoms with Crippen LogP contribution in [0.5, 0.6) is 5.75 Å². The molecule has 0 saturated carbocycles. The van der Waals surface area contributed by atoms with Crippen LogP contribution in [0.25, 0.3) is 0 Å². The number of ether oxygens (including phenoxy) is 1. The average Bonchev–Trinajstić information content (AvgIpc) is 3.13. The lowest BCUT2D eigenvalue weighted by molar-refractivity contribution is 0.258. The zero-order valence-electron chi connectivity index (χ0n) is 13.5. The summed E-state index contributed by atoms with van der Waals surface area (Å²) in [4.78, 5) is 9.30. The van der Waals surface area contributed by atoms with Crippen molar-refractivity contribution in [2.24, 2.45) is 0 Å². The van der Waals surface area contributed by atoms with Crippen molar-refractivity contribution in [2.75, 3.05) is 50.5 Å². The standard InChI is InChI=1S/C17H23N3OS2/c1-21-16-6-3-2-5-15(16)20-11-9-19(10-12-20)8-4-13-22-17-18-7-14-23-17/h2-3,5-7,14H,4,8-13H2,1H3. The summed E-state index contributed by atoms with van der Waals surface area (Å²) in [5, 5.41) is 2.04. The van der Waals surface area contributed by atoms with Gasteiger partial charge >= 0.3 is 0 Å². The van der Waals surface area contributed by atoms with E-state index >= 15 is 0 Å². The van der Waals surface area contributed by atoms with Crippen LogP contribution in [0.15, 0.2) is 40.2 Å². The largest absolute Gasteiger partial charge is 0.495 e. The minimum Gasteiger partial charge on any atom is -0.495 e. The number of anilines is 1. The first-order valence-corrected chi connectivity index (χ1v) is 9.86. The molecule has 2 aromatic rings. The van der Waals surface area contributed by atoms with E-state index < -0.39 is 0 Å². The quantitative estimate of drug-likeness (QED) is 0.564. The Balaban J connectivity index is 1.40. The summed E-state index contributed by atoms with van der Waals surface area (Å²) in [6, 6.07) is 8.30. The van der Waals surface area contributed by atoms with Gasteiger partial charge in [0, 0.05) is 43.5 Å². The number of hydrogen-bond acceptors (Lipinski definition) is 6. The van der Waals surface area contributed by atoms with Crippen LogP contribution in [-0.4, -0.2) is 55.5 Å². The van der Waals surface area contributed by atoms with Crippen LogP contribution in [0.1, 0.15) is 6.42 Å². The van der Waals surface area contributed by atoms with E-state index in [-0.39, 0.29) is 0 Å². The van der Waals surface area contributed by atoms with E-state index in [9.17, 15) is 0 Å². The third-order valence-corrected chi connectivity index (χ3v) is 6.10. The molecule has 1 saturated heterocycles. The Hall–Kier alpha value is -1.24. The molecule has 0 spiro atoms. The molecule has 1 aliphatic rings. The highest BCUT2D eigenvalue weighted by Crippen LogP contribution is 2.28. The first kappa shape index (κ1) is 16.6. The zero-order chi connectivity index (χ0) is 15.9. The smallest absolute Gasteiger partial charge is 0.149 e. The molecule has 0 unspecified atom stereocenters. The molecule has 124 valence electrons. The lowest BCUT2D eigenvalue weighted by atomic mass is 10.2. The predicted molar refractivity (Wildman–Crippen MR) is 99.1 cm³/mol. The second-order valence-corrected chi connectivity index (χ2v) is 7.74. The summed E-state index contributed by atoms with van der Waals surface area (Å²) in [6.45, 7) is 5.57. The molecule has 0 atom stereocenters. The number of piperazine rings is 1. The summed E-state index contributed by atoms with van der Waals surface area (Å²) in [5.41, 5.74) is 1.22. The molecule has 0 N–H and O–H groups in total. The maximum absolute atomic E-state index is 5.48. The molecule has 3 rings (SSSR count). The summed E-state index contributed by atoms with van der Waals surface area (Å²) in [7, 11) is 1.75. The first-order chi connectivity index (χ1) is 11.4. The fourth-order valence-electron chi connectivity index (χ4n) is 2.83. The second-order valence-electron chi connectivity index (χ2n) is 5.50. The fourth-order valence-corrected chi connectivity index (χ4v) is 4.46. The maximum Gasteiger partial charge on any atom is 0.149 e. The fraction of sp³-hybridized carbons (Fsp3) is 0.471. The Bertz CT molecular complexity index is 583. The van der Waals surface area contributed by atoms with Crippen molar-refractivity contribution in [1.29, 1.82) is 0 Å². The van der Waals surface area contributed by atoms with Gasteiger partial charge in [-0.25, -0.2) is 4.98 Å². The average molecular weight is 350 g/mol. The number of methoxy groups -OCH3 is 1. The van der Waals surface area contributed by atoms with Crippen molar-refractivity contribution < 1.29 is 4.74 Å². The molecule has 0 radical (unpaired) electrons. The van der Waals surface area contributed by atoms with Crippen molar-refractivity contribution >= 4 is 28.8 Å². The molecule has 2 heterocycles. The molecule has 1 aromatic carbocycles. The Morgan fingerprint density at radius 2 is 2.04 bits per heavy atom. The molecule has 1 aromatic heterocycles. The molecule has 0 aliphatic carbocycles. The molecule has 23 heavy (non-hydrogen) atoms. The van der Waals surface area contributed by atoms with E-state index in [1.807, 2.05) is 35.5 Å². The van der Waals surface area contributed by atoms with Gasteiger partial charge in [-0.15, -0.1) is 11.3 Å². The van der Waals surface area contributed by atoms with E-state index in [0.717, 1.165) is 37.7 Å². The molecular weight excluding hydrogens is 326 g/mol. The number of rotatable bonds is 7. The topological polar surface area (TPSA) is 28.6 Å². The van der Waals surface area contributed by atoms with Crippen molar-refractivity contribution in [3.63, 3.8) is 0 Å². The lowest BCUT2D eigenvalue weighted by Crippen LogP contribution is -2.46. The highest BCUT2D eigenvalue weighted by Gasteiger charge is 2.19. The molecule has 0 bridgehead atoms. The van der Waals surface area contributed by atoms with Crippen LogP contribution in [0.2, 0.25) is 0 Å². The minimum atomic E-state index is 0.973. The Morgan fingerprint density at radius 3 is 2.78 bits per heavy atom. The first-order valence-electron chi connectivity index (χ1n) is 7.99. The highest BCUT2D eigenvalue weighted by atomic mass is 32.2. The number of hydrogen-bond donors (Lipinski definition) is 0. The normalized spacial score (nSPS) is 15.8. The summed E-state index contributed by atoms with van der Waals surface area (Å²) in [5.74, 6) is 2.13. The molecular formula is C17H23N3OS2. The number of para-hydroxylation sites is 2. The van der Waals surface area contributed by atoms with Crippen LogP contribution in [0.4, 0.5) is 5.69 Å². The van der Waals surface area contributed by atoms with E-state index in [1.165, 1.54) is 23.0 Å². The van der Waals surface area contributed by atoms with Gasteiger partial charge in [0.05, 0.1) is 12.8 Å².